The summed E-state index contributed by atoms with van der Waals surface area (Å²) in [5.74, 6) is -0.297. The maximum atomic E-state index is 11.8. The summed E-state index contributed by atoms with van der Waals surface area (Å²) >= 11 is 0. The number of aryl methyl sites for hydroxylation is 1. The first-order valence-electron chi connectivity index (χ1n) is 6.23. The van der Waals surface area contributed by atoms with Crippen LogP contribution in [0.25, 0.3) is 0 Å². The standard InChI is InChI=1S/C14H18O3S/c1-18(16,17)10-13(15)9-12-7-4-6-11-5-2-3-8-14(11)12/h2-3,5,8,12H,4,6-7,9-10H2,1H3. The number of carbonyl (C=O) groups is 1. The number of hydrogen-bond donors (Lipinski definition) is 0. The number of ketones is 1. The molecule has 1 atom stereocenters. The van der Waals surface area contributed by atoms with E-state index in [4.69, 9.17) is 0 Å². The molecule has 0 aliphatic heterocycles. The molecular weight excluding hydrogens is 248 g/mol. The third-order valence-corrected chi connectivity index (χ3v) is 4.24. The molecule has 0 aromatic heterocycles. The van der Waals surface area contributed by atoms with Crippen molar-refractivity contribution in [1.82, 2.24) is 0 Å². The molecule has 0 saturated heterocycles. The van der Waals surface area contributed by atoms with Gasteiger partial charge in [-0.15, -0.1) is 0 Å². The summed E-state index contributed by atoms with van der Waals surface area (Å²) in [7, 11) is -3.20. The van der Waals surface area contributed by atoms with Crippen LogP contribution in [-0.2, 0) is 21.1 Å². The predicted octanol–water partition coefficient (Wildman–Crippen LogP) is 2.11. The average molecular weight is 266 g/mol. The molecule has 1 aromatic rings. The van der Waals surface area contributed by atoms with Crippen LogP contribution in [0.1, 0.15) is 36.3 Å². The fourth-order valence-electron chi connectivity index (χ4n) is 2.69. The van der Waals surface area contributed by atoms with Crippen LogP contribution < -0.4 is 0 Å². The normalized spacial score (nSPS) is 19.3. The number of Topliss-reactive ketones (excluding diaryl/α,β-unsaturated/α-hetero) is 1. The third-order valence-electron chi connectivity index (χ3n) is 3.39. The topological polar surface area (TPSA) is 51.2 Å². The van der Waals surface area contributed by atoms with Crippen LogP contribution in [0.2, 0.25) is 0 Å². The van der Waals surface area contributed by atoms with E-state index < -0.39 is 9.84 Å². The molecule has 0 radical (unpaired) electrons. The molecule has 0 bridgehead atoms. The van der Waals surface area contributed by atoms with Gasteiger partial charge in [0.1, 0.15) is 11.5 Å². The summed E-state index contributed by atoms with van der Waals surface area (Å²) in [5, 5.41) is 0. The fourth-order valence-corrected chi connectivity index (χ4v) is 3.40. The largest absolute Gasteiger partial charge is 0.299 e. The second-order valence-corrected chi connectivity index (χ2v) is 7.24. The third kappa shape index (κ3) is 3.42. The predicted molar refractivity (Wildman–Crippen MR) is 71.5 cm³/mol. The van der Waals surface area contributed by atoms with Crippen LogP contribution in [0.15, 0.2) is 24.3 Å². The Morgan fingerprint density at radius 1 is 1.33 bits per heavy atom. The van der Waals surface area contributed by atoms with Crippen molar-refractivity contribution in [3.63, 3.8) is 0 Å². The zero-order valence-corrected chi connectivity index (χ0v) is 11.4. The van der Waals surface area contributed by atoms with Crippen LogP contribution in [-0.4, -0.2) is 26.2 Å². The molecule has 0 N–H and O–H groups in total. The molecule has 2 rings (SSSR count). The van der Waals surface area contributed by atoms with Crippen molar-refractivity contribution in [3.05, 3.63) is 35.4 Å². The van der Waals surface area contributed by atoms with E-state index in [-0.39, 0.29) is 17.5 Å². The second kappa shape index (κ2) is 5.22. The van der Waals surface area contributed by atoms with E-state index in [1.807, 2.05) is 12.1 Å². The molecule has 1 aliphatic rings. The monoisotopic (exact) mass is 266 g/mol. The zero-order chi connectivity index (χ0) is 13.2. The van der Waals surface area contributed by atoms with Gasteiger partial charge in [0.05, 0.1) is 0 Å². The molecule has 18 heavy (non-hydrogen) atoms. The van der Waals surface area contributed by atoms with E-state index in [0.717, 1.165) is 25.5 Å². The number of carbonyl (C=O) groups excluding carboxylic acids is 1. The molecule has 0 saturated carbocycles. The fraction of sp³-hybridized carbons (Fsp3) is 0.500. The van der Waals surface area contributed by atoms with Crippen molar-refractivity contribution in [2.24, 2.45) is 0 Å². The van der Waals surface area contributed by atoms with E-state index in [0.29, 0.717) is 6.42 Å². The van der Waals surface area contributed by atoms with Gasteiger partial charge in [0.2, 0.25) is 0 Å². The van der Waals surface area contributed by atoms with Gasteiger partial charge in [0.25, 0.3) is 0 Å². The highest BCUT2D eigenvalue weighted by Crippen LogP contribution is 2.33. The minimum atomic E-state index is -3.20. The molecule has 1 aromatic carbocycles. The number of rotatable bonds is 4. The van der Waals surface area contributed by atoms with Crippen LogP contribution in [0.5, 0.6) is 0 Å². The van der Waals surface area contributed by atoms with Crippen molar-refractivity contribution >= 4 is 15.6 Å². The van der Waals surface area contributed by atoms with Gasteiger partial charge < -0.3 is 0 Å². The highest BCUT2D eigenvalue weighted by atomic mass is 32.2. The lowest BCUT2D eigenvalue weighted by Crippen LogP contribution is -2.19. The summed E-state index contributed by atoms with van der Waals surface area (Å²) in [6.45, 7) is 0. The van der Waals surface area contributed by atoms with Gasteiger partial charge in [-0.05, 0) is 36.3 Å². The Morgan fingerprint density at radius 2 is 2.06 bits per heavy atom. The second-order valence-electron chi connectivity index (χ2n) is 5.10. The quantitative estimate of drug-likeness (QED) is 0.838. The summed E-state index contributed by atoms with van der Waals surface area (Å²) in [6, 6.07) is 8.16. The maximum absolute atomic E-state index is 11.8. The van der Waals surface area contributed by atoms with Gasteiger partial charge >= 0.3 is 0 Å². The molecule has 4 heteroatoms. The van der Waals surface area contributed by atoms with Crippen LogP contribution >= 0.6 is 0 Å². The minimum Gasteiger partial charge on any atom is -0.299 e. The molecule has 0 spiro atoms. The first-order chi connectivity index (χ1) is 8.46. The van der Waals surface area contributed by atoms with Crippen molar-refractivity contribution in [3.8, 4) is 0 Å². The Hall–Kier alpha value is -1.16. The van der Waals surface area contributed by atoms with E-state index >= 15 is 0 Å². The van der Waals surface area contributed by atoms with Gasteiger partial charge in [-0.1, -0.05) is 24.3 Å². The minimum absolute atomic E-state index is 0.167. The van der Waals surface area contributed by atoms with Crippen molar-refractivity contribution in [2.75, 3.05) is 12.0 Å². The lowest BCUT2D eigenvalue weighted by Gasteiger charge is -2.24. The van der Waals surface area contributed by atoms with E-state index in [1.54, 1.807) is 0 Å². The zero-order valence-electron chi connectivity index (χ0n) is 10.6. The number of hydrogen-bond acceptors (Lipinski definition) is 3. The van der Waals surface area contributed by atoms with Gasteiger partial charge in [-0.25, -0.2) is 8.42 Å². The summed E-state index contributed by atoms with van der Waals surface area (Å²) in [6.07, 6.45) is 4.58. The molecule has 3 nitrogen and oxygen atoms in total. The van der Waals surface area contributed by atoms with Gasteiger partial charge in [0.15, 0.2) is 9.84 Å². The van der Waals surface area contributed by atoms with E-state index in [1.165, 1.54) is 11.1 Å². The molecule has 0 fully saturated rings. The SMILES string of the molecule is CS(=O)(=O)CC(=O)CC1CCCc2ccccc21. The lowest BCUT2D eigenvalue weighted by atomic mass is 9.80. The van der Waals surface area contributed by atoms with Gasteiger partial charge in [-0.2, -0.15) is 0 Å². The Morgan fingerprint density at radius 3 is 2.78 bits per heavy atom. The molecule has 0 heterocycles. The molecule has 1 unspecified atom stereocenters. The number of sulfone groups is 1. The van der Waals surface area contributed by atoms with Gasteiger partial charge in [0, 0.05) is 12.7 Å². The Balaban J connectivity index is 2.10. The Kier molecular flexibility index (Phi) is 3.85. The molecule has 98 valence electrons. The summed E-state index contributed by atoms with van der Waals surface area (Å²) < 4.78 is 22.2. The number of benzene rings is 1. The lowest BCUT2D eigenvalue weighted by molar-refractivity contribution is -0.117. The van der Waals surface area contributed by atoms with Gasteiger partial charge in [-0.3, -0.25) is 4.79 Å². The maximum Gasteiger partial charge on any atom is 0.154 e. The van der Waals surface area contributed by atoms with Crippen molar-refractivity contribution in [2.45, 2.75) is 31.6 Å². The highest BCUT2D eigenvalue weighted by molar-refractivity contribution is 7.91. The number of fused-ring (bicyclic) bond motifs is 1. The highest BCUT2D eigenvalue weighted by Gasteiger charge is 2.23. The molecule has 1 aliphatic carbocycles. The first kappa shape index (κ1) is 13.3. The average Bonchev–Trinajstić information content (AvgIpc) is 2.27. The summed E-state index contributed by atoms with van der Waals surface area (Å²) in [4.78, 5) is 11.8. The van der Waals surface area contributed by atoms with Crippen LogP contribution in [0, 0.1) is 0 Å². The summed E-state index contributed by atoms with van der Waals surface area (Å²) in [5.41, 5.74) is 2.53. The van der Waals surface area contributed by atoms with Crippen LogP contribution in [0.3, 0.4) is 0 Å². The first-order valence-corrected chi connectivity index (χ1v) is 8.29. The Labute approximate surface area is 108 Å². The van der Waals surface area contributed by atoms with E-state index in [2.05, 4.69) is 12.1 Å². The Bertz CT molecular complexity index is 546. The van der Waals surface area contributed by atoms with Crippen LogP contribution in [0.4, 0.5) is 0 Å². The van der Waals surface area contributed by atoms with E-state index in [9.17, 15) is 13.2 Å². The molecule has 0 amide bonds. The smallest absolute Gasteiger partial charge is 0.154 e. The van der Waals surface area contributed by atoms with Crippen molar-refractivity contribution < 1.29 is 13.2 Å². The molecular formula is C14H18O3S. The van der Waals surface area contributed by atoms with Crippen molar-refractivity contribution in [1.29, 1.82) is 0 Å².